The highest BCUT2D eigenvalue weighted by atomic mass is 35.5. The fraction of sp³-hybridized carbons (Fsp3) is 0.467. The molecule has 2 rings (SSSR count). The second kappa shape index (κ2) is 7.40. The first-order valence-electron chi connectivity index (χ1n) is 7.33. The average molecular weight is 364 g/mol. The maximum Gasteiger partial charge on any atom is 0.417 e. The molecule has 1 unspecified atom stereocenters. The van der Waals surface area contributed by atoms with Crippen LogP contribution in [0.2, 0.25) is 5.02 Å². The van der Waals surface area contributed by atoms with Gasteiger partial charge in [-0.3, -0.25) is 9.59 Å². The highest BCUT2D eigenvalue weighted by Gasteiger charge is 2.33. The topological polar surface area (TPSA) is 61.4 Å². The number of alkyl halides is 3. The molecule has 9 heteroatoms. The molecular weight excluding hydrogens is 347 g/mol. The molecule has 0 saturated carbocycles. The lowest BCUT2D eigenvalue weighted by atomic mass is 10.2. The van der Waals surface area contributed by atoms with E-state index in [-0.39, 0.29) is 24.2 Å². The Morgan fingerprint density at radius 3 is 2.71 bits per heavy atom. The first-order chi connectivity index (χ1) is 11.2. The van der Waals surface area contributed by atoms with Gasteiger partial charge in [-0.1, -0.05) is 11.6 Å². The number of rotatable bonds is 4. The minimum atomic E-state index is -4.61. The van der Waals surface area contributed by atoms with Crippen LogP contribution in [-0.2, 0) is 15.8 Å². The molecule has 0 radical (unpaired) electrons. The predicted molar refractivity (Wildman–Crippen MR) is 83.7 cm³/mol. The van der Waals surface area contributed by atoms with Crippen molar-refractivity contribution in [1.29, 1.82) is 0 Å². The molecule has 1 saturated heterocycles. The summed E-state index contributed by atoms with van der Waals surface area (Å²) in [7, 11) is 1.48. The van der Waals surface area contributed by atoms with Gasteiger partial charge in [0.1, 0.15) is 0 Å². The van der Waals surface area contributed by atoms with Crippen LogP contribution in [0.4, 0.5) is 18.9 Å². The summed E-state index contributed by atoms with van der Waals surface area (Å²) in [4.78, 5) is 25.3. The Bertz CT molecular complexity index is 631. The van der Waals surface area contributed by atoms with Gasteiger partial charge in [0.15, 0.2) is 0 Å². The molecule has 2 N–H and O–H groups in total. The molecule has 0 bridgehead atoms. The maximum absolute atomic E-state index is 12.8. The van der Waals surface area contributed by atoms with Gasteiger partial charge >= 0.3 is 6.18 Å². The Morgan fingerprint density at radius 1 is 1.42 bits per heavy atom. The zero-order chi connectivity index (χ0) is 17.9. The van der Waals surface area contributed by atoms with Gasteiger partial charge in [0.2, 0.25) is 11.8 Å². The van der Waals surface area contributed by atoms with Crippen LogP contribution in [0, 0.1) is 0 Å². The third-order valence-corrected chi connectivity index (χ3v) is 4.00. The van der Waals surface area contributed by atoms with Gasteiger partial charge < -0.3 is 15.5 Å². The lowest BCUT2D eigenvalue weighted by Gasteiger charge is -2.20. The number of halogens is 4. The Labute approximate surface area is 142 Å². The summed E-state index contributed by atoms with van der Waals surface area (Å²) in [6.07, 6.45) is -3.02. The summed E-state index contributed by atoms with van der Waals surface area (Å²) in [5.74, 6) is -0.797. The van der Waals surface area contributed by atoms with Gasteiger partial charge in [-0.2, -0.15) is 13.2 Å². The number of benzene rings is 1. The van der Waals surface area contributed by atoms with E-state index in [4.69, 9.17) is 11.6 Å². The minimum Gasteiger partial charge on any atom is -0.335 e. The number of hydrogen-bond donors (Lipinski definition) is 2. The molecule has 5 nitrogen and oxygen atoms in total. The molecule has 132 valence electrons. The first-order valence-corrected chi connectivity index (χ1v) is 7.71. The molecule has 24 heavy (non-hydrogen) atoms. The Morgan fingerprint density at radius 2 is 2.12 bits per heavy atom. The smallest absolute Gasteiger partial charge is 0.335 e. The van der Waals surface area contributed by atoms with Gasteiger partial charge in [-0.25, -0.2) is 0 Å². The number of anilines is 1. The normalized spacial score (nSPS) is 17.6. The number of likely N-dealkylation sites (N-methyl/N-ethyl adjacent to an activating group) is 1. The molecule has 0 spiro atoms. The van der Waals surface area contributed by atoms with E-state index in [0.29, 0.717) is 6.42 Å². The van der Waals surface area contributed by atoms with Crippen LogP contribution in [0.25, 0.3) is 0 Å². The maximum atomic E-state index is 12.8. The van der Waals surface area contributed by atoms with Crippen molar-refractivity contribution in [3.63, 3.8) is 0 Å². The molecule has 1 heterocycles. The van der Waals surface area contributed by atoms with Crippen molar-refractivity contribution in [2.45, 2.75) is 25.1 Å². The second-order valence-electron chi connectivity index (χ2n) is 5.58. The zero-order valence-corrected chi connectivity index (χ0v) is 13.7. The van der Waals surface area contributed by atoms with Crippen molar-refractivity contribution in [3.05, 3.63) is 28.8 Å². The van der Waals surface area contributed by atoms with Crippen molar-refractivity contribution in [2.24, 2.45) is 0 Å². The van der Waals surface area contributed by atoms with E-state index in [1.165, 1.54) is 18.0 Å². The second-order valence-corrected chi connectivity index (χ2v) is 5.99. The Balaban J connectivity index is 1.98. The van der Waals surface area contributed by atoms with Crippen molar-refractivity contribution in [2.75, 3.05) is 25.5 Å². The quantitative estimate of drug-likeness (QED) is 0.864. The Hall–Kier alpha value is -1.80. The van der Waals surface area contributed by atoms with Crippen LogP contribution in [0.3, 0.4) is 0 Å². The Kier molecular flexibility index (Phi) is 5.71. The lowest BCUT2D eigenvalue weighted by Crippen LogP contribution is -2.44. The van der Waals surface area contributed by atoms with E-state index in [1.54, 1.807) is 0 Å². The minimum absolute atomic E-state index is 0.0310. The highest BCUT2D eigenvalue weighted by Crippen LogP contribution is 2.36. The molecule has 1 fully saturated rings. The number of nitrogens with zero attached hydrogens (tertiary/aromatic N) is 1. The lowest BCUT2D eigenvalue weighted by molar-refractivity contribution is -0.137. The van der Waals surface area contributed by atoms with Crippen molar-refractivity contribution in [1.82, 2.24) is 10.2 Å². The number of amides is 2. The number of nitrogens with one attached hydrogen (secondary N) is 2. The van der Waals surface area contributed by atoms with E-state index < -0.39 is 22.7 Å². The highest BCUT2D eigenvalue weighted by molar-refractivity contribution is 6.31. The molecule has 1 aliphatic rings. The summed E-state index contributed by atoms with van der Waals surface area (Å²) in [5.41, 5.74) is -1.06. The number of carbonyl (C=O) groups excluding carboxylic acids is 2. The largest absolute Gasteiger partial charge is 0.417 e. The molecular formula is C15H17ClF3N3O2. The average Bonchev–Trinajstić information content (AvgIpc) is 3.01. The van der Waals surface area contributed by atoms with Crippen molar-refractivity contribution < 1.29 is 22.8 Å². The van der Waals surface area contributed by atoms with Crippen LogP contribution >= 0.6 is 11.6 Å². The van der Waals surface area contributed by atoms with Gasteiger partial charge in [-0.05, 0) is 37.6 Å². The molecule has 2 amide bonds. The predicted octanol–water partition coefficient (Wildman–Crippen LogP) is 2.51. The molecule has 1 aromatic rings. The molecule has 1 aromatic carbocycles. The molecule has 0 aliphatic carbocycles. The van der Waals surface area contributed by atoms with E-state index in [2.05, 4.69) is 10.6 Å². The summed E-state index contributed by atoms with van der Waals surface area (Å²) in [5, 5.41) is 4.93. The van der Waals surface area contributed by atoms with Crippen LogP contribution in [0.5, 0.6) is 0 Å². The molecule has 1 atom stereocenters. The van der Waals surface area contributed by atoms with E-state index in [0.717, 1.165) is 25.1 Å². The third kappa shape index (κ3) is 4.61. The van der Waals surface area contributed by atoms with Crippen LogP contribution in [0.1, 0.15) is 18.4 Å². The van der Waals surface area contributed by atoms with E-state index in [1.807, 2.05) is 0 Å². The van der Waals surface area contributed by atoms with Gasteiger partial charge in [-0.15, -0.1) is 0 Å². The van der Waals surface area contributed by atoms with Crippen LogP contribution < -0.4 is 10.6 Å². The van der Waals surface area contributed by atoms with Gasteiger partial charge in [0.25, 0.3) is 0 Å². The first kappa shape index (κ1) is 18.5. The molecule has 0 aromatic heterocycles. The van der Waals surface area contributed by atoms with Crippen molar-refractivity contribution >= 4 is 29.1 Å². The fourth-order valence-corrected chi connectivity index (χ4v) is 2.70. The fourth-order valence-electron chi connectivity index (χ4n) is 2.48. The SMILES string of the molecule is CN(CC(=O)Nc1ccc(Cl)c(C(F)(F)F)c1)C(=O)C1CCCN1. The summed E-state index contributed by atoms with van der Waals surface area (Å²) in [6, 6.07) is 2.79. The monoisotopic (exact) mass is 363 g/mol. The summed E-state index contributed by atoms with van der Waals surface area (Å²) < 4.78 is 38.4. The third-order valence-electron chi connectivity index (χ3n) is 3.67. The van der Waals surface area contributed by atoms with Crippen LogP contribution in [0.15, 0.2) is 18.2 Å². The zero-order valence-electron chi connectivity index (χ0n) is 12.9. The number of carbonyl (C=O) groups is 2. The standard InChI is InChI=1S/C15H17ClF3N3O2/c1-22(14(24)12-3-2-6-20-12)8-13(23)21-9-4-5-11(16)10(7-9)15(17,18)19/h4-5,7,12,20H,2-3,6,8H2,1H3,(H,21,23). The van der Waals surface area contributed by atoms with Crippen LogP contribution in [-0.4, -0.2) is 42.9 Å². The van der Waals surface area contributed by atoms with Gasteiger partial charge in [0.05, 0.1) is 23.2 Å². The van der Waals surface area contributed by atoms with Gasteiger partial charge in [0, 0.05) is 12.7 Å². The van der Waals surface area contributed by atoms with E-state index >= 15 is 0 Å². The number of hydrogen-bond acceptors (Lipinski definition) is 3. The molecule has 1 aliphatic heterocycles. The van der Waals surface area contributed by atoms with E-state index in [9.17, 15) is 22.8 Å². The summed E-state index contributed by atoms with van der Waals surface area (Å²) >= 11 is 5.52. The van der Waals surface area contributed by atoms with Crippen molar-refractivity contribution in [3.8, 4) is 0 Å². The summed E-state index contributed by atoms with van der Waals surface area (Å²) in [6.45, 7) is 0.502.